The van der Waals surface area contributed by atoms with Crippen molar-refractivity contribution >= 4 is 24.8 Å². The molecular weight excluding hydrogens is 243 g/mol. The molecule has 16 heavy (non-hydrogen) atoms. The van der Waals surface area contributed by atoms with Gasteiger partial charge in [0.05, 0.1) is 0 Å². The van der Waals surface area contributed by atoms with Crippen LogP contribution in [-0.2, 0) is 6.54 Å². The molecule has 4 heteroatoms. The monoisotopic (exact) mass is 262 g/mol. The Bertz CT molecular complexity index is 280. The summed E-state index contributed by atoms with van der Waals surface area (Å²) in [4.78, 5) is 2.51. The van der Waals surface area contributed by atoms with Crippen LogP contribution in [0.2, 0.25) is 0 Å². The van der Waals surface area contributed by atoms with Crippen molar-refractivity contribution in [3.8, 4) is 0 Å². The van der Waals surface area contributed by atoms with E-state index in [1.54, 1.807) is 0 Å². The SMILES string of the molecule is CNC1CCN(Cc2ccccc2)C1.Cl.Cl. The minimum atomic E-state index is 0. The van der Waals surface area contributed by atoms with Gasteiger partial charge < -0.3 is 5.32 Å². The predicted octanol–water partition coefficient (Wildman–Crippen LogP) is 2.32. The van der Waals surface area contributed by atoms with Gasteiger partial charge in [-0.25, -0.2) is 0 Å². The lowest BCUT2D eigenvalue weighted by Crippen LogP contribution is -2.29. The second-order valence-corrected chi connectivity index (χ2v) is 3.99. The summed E-state index contributed by atoms with van der Waals surface area (Å²) in [5.74, 6) is 0. The molecule has 92 valence electrons. The molecule has 2 rings (SSSR count). The number of halogens is 2. The zero-order chi connectivity index (χ0) is 9.80. The molecule has 0 amide bonds. The molecule has 1 atom stereocenters. The van der Waals surface area contributed by atoms with Crippen molar-refractivity contribution < 1.29 is 0 Å². The number of rotatable bonds is 3. The molecule has 1 aliphatic heterocycles. The minimum absolute atomic E-state index is 0. The smallest absolute Gasteiger partial charge is 0.0234 e. The van der Waals surface area contributed by atoms with Crippen molar-refractivity contribution in [3.63, 3.8) is 0 Å². The normalized spacial score (nSPS) is 19.9. The molecule has 1 aromatic carbocycles. The van der Waals surface area contributed by atoms with Gasteiger partial charge in [0.25, 0.3) is 0 Å². The Hall–Kier alpha value is -0.280. The van der Waals surface area contributed by atoms with E-state index in [4.69, 9.17) is 0 Å². The predicted molar refractivity (Wildman–Crippen MR) is 73.7 cm³/mol. The van der Waals surface area contributed by atoms with Crippen molar-refractivity contribution in [3.05, 3.63) is 35.9 Å². The summed E-state index contributed by atoms with van der Waals surface area (Å²) in [7, 11) is 2.05. The maximum absolute atomic E-state index is 3.34. The Balaban J connectivity index is 0.00000112. The number of nitrogens with one attached hydrogen (secondary N) is 1. The molecule has 0 spiro atoms. The molecule has 1 saturated heterocycles. The fourth-order valence-corrected chi connectivity index (χ4v) is 2.05. The van der Waals surface area contributed by atoms with Crippen molar-refractivity contribution in [2.75, 3.05) is 20.1 Å². The summed E-state index contributed by atoms with van der Waals surface area (Å²) in [5, 5.41) is 3.34. The lowest BCUT2D eigenvalue weighted by atomic mass is 10.2. The third-order valence-electron chi connectivity index (χ3n) is 2.93. The van der Waals surface area contributed by atoms with Gasteiger partial charge in [-0.3, -0.25) is 4.90 Å². The number of likely N-dealkylation sites (tertiary alicyclic amines) is 1. The summed E-state index contributed by atoms with van der Waals surface area (Å²) < 4.78 is 0. The van der Waals surface area contributed by atoms with E-state index in [-0.39, 0.29) is 24.8 Å². The van der Waals surface area contributed by atoms with Gasteiger partial charge in [-0.15, -0.1) is 24.8 Å². The average Bonchev–Trinajstić information content (AvgIpc) is 2.67. The standard InChI is InChI=1S/C12H18N2.2ClH/c1-13-12-7-8-14(10-12)9-11-5-3-2-4-6-11;;/h2-6,12-13H,7-10H2,1H3;2*1H. The van der Waals surface area contributed by atoms with Crippen LogP contribution in [0.15, 0.2) is 30.3 Å². The molecule has 1 fully saturated rings. The maximum atomic E-state index is 3.34. The van der Waals surface area contributed by atoms with Gasteiger partial charge in [0.2, 0.25) is 0 Å². The molecule has 1 unspecified atom stereocenters. The van der Waals surface area contributed by atoms with E-state index in [0.29, 0.717) is 6.04 Å². The van der Waals surface area contributed by atoms with Crippen molar-refractivity contribution in [1.82, 2.24) is 10.2 Å². The molecule has 1 aliphatic rings. The minimum Gasteiger partial charge on any atom is -0.316 e. The highest BCUT2D eigenvalue weighted by molar-refractivity contribution is 5.85. The van der Waals surface area contributed by atoms with E-state index >= 15 is 0 Å². The van der Waals surface area contributed by atoms with Crippen LogP contribution in [0.3, 0.4) is 0 Å². The quantitative estimate of drug-likeness (QED) is 0.900. The Morgan fingerprint density at radius 3 is 2.50 bits per heavy atom. The second-order valence-electron chi connectivity index (χ2n) is 3.99. The third kappa shape index (κ3) is 4.30. The first-order valence-corrected chi connectivity index (χ1v) is 5.32. The lowest BCUT2D eigenvalue weighted by molar-refractivity contribution is 0.322. The van der Waals surface area contributed by atoms with Crippen molar-refractivity contribution in [2.45, 2.75) is 19.0 Å². The molecule has 0 aromatic heterocycles. The van der Waals surface area contributed by atoms with E-state index in [2.05, 4.69) is 47.6 Å². The van der Waals surface area contributed by atoms with Crippen LogP contribution in [0.5, 0.6) is 0 Å². The van der Waals surface area contributed by atoms with Crippen LogP contribution in [0.4, 0.5) is 0 Å². The zero-order valence-electron chi connectivity index (χ0n) is 9.56. The van der Waals surface area contributed by atoms with Crippen LogP contribution in [0, 0.1) is 0 Å². The Morgan fingerprint density at radius 1 is 1.25 bits per heavy atom. The molecule has 0 bridgehead atoms. The third-order valence-corrected chi connectivity index (χ3v) is 2.93. The largest absolute Gasteiger partial charge is 0.316 e. The fraction of sp³-hybridized carbons (Fsp3) is 0.500. The highest BCUT2D eigenvalue weighted by Crippen LogP contribution is 2.12. The molecular formula is C12H20Cl2N2. The number of likely N-dealkylation sites (N-methyl/N-ethyl adjacent to an activating group) is 1. The Labute approximate surface area is 110 Å². The highest BCUT2D eigenvalue weighted by atomic mass is 35.5. The summed E-state index contributed by atoms with van der Waals surface area (Å²) >= 11 is 0. The molecule has 0 radical (unpaired) electrons. The maximum Gasteiger partial charge on any atom is 0.0234 e. The summed E-state index contributed by atoms with van der Waals surface area (Å²) in [5.41, 5.74) is 1.42. The van der Waals surface area contributed by atoms with Crippen LogP contribution in [0.25, 0.3) is 0 Å². The van der Waals surface area contributed by atoms with Gasteiger partial charge in [0.15, 0.2) is 0 Å². The highest BCUT2D eigenvalue weighted by Gasteiger charge is 2.20. The van der Waals surface area contributed by atoms with Gasteiger partial charge in [-0.05, 0) is 19.0 Å². The van der Waals surface area contributed by atoms with Crippen LogP contribution >= 0.6 is 24.8 Å². The van der Waals surface area contributed by atoms with Gasteiger partial charge in [0.1, 0.15) is 0 Å². The van der Waals surface area contributed by atoms with Gasteiger partial charge >= 0.3 is 0 Å². The van der Waals surface area contributed by atoms with E-state index < -0.39 is 0 Å². The van der Waals surface area contributed by atoms with E-state index in [1.165, 1.54) is 25.1 Å². The first-order valence-electron chi connectivity index (χ1n) is 5.32. The molecule has 0 saturated carbocycles. The Kier molecular flexibility index (Phi) is 7.77. The van der Waals surface area contributed by atoms with Gasteiger partial charge in [0, 0.05) is 25.7 Å². The molecule has 1 aromatic rings. The van der Waals surface area contributed by atoms with Gasteiger partial charge in [-0.2, -0.15) is 0 Å². The lowest BCUT2D eigenvalue weighted by Gasteiger charge is -2.15. The topological polar surface area (TPSA) is 15.3 Å². The summed E-state index contributed by atoms with van der Waals surface area (Å²) in [6.07, 6.45) is 1.28. The van der Waals surface area contributed by atoms with Crippen LogP contribution in [0.1, 0.15) is 12.0 Å². The average molecular weight is 263 g/mol. The van der Waals surface area contributed by atoms with Gasteiger partial charge in [-0.1, -0.05) is 30.3 Å². The van der Waals surface area contributed by atoms with E-state index in [9.17, 15) is 0 Å². The van der Waals surface area contributed by atoms with Crippen LogP contribution in [-0.4, -0.2) is 31.1 Å². The zero-order valence-corrected chi connectivity index (χ0v) is 11.2. The number of benzene rings is 1. The number of nitrogens with zero attached hydrogens (tertiary/aromatic N) is 1. The molecule has 2 nitrogen and oxygen atoms in total. The number of hydrogen-bond acceptors (Lipinski definition) is 2. The summed E-state index contributed by atoms with van der Waals surface area (Å²) in [6, 6.07) is 11.4. The van der Waals surface area contributed by atoms with Crippen LogP contribution < -0.4 is 5.32 Å². The first kappa shape index (κ1) is 15.7. The molecule has 1 heterocycles. The molecule has 0 aliphatic carbocycles. The van der Waals surface area contributed by atoms with E-state index in [1.807, 2.05) is 0 Å². The van der Waals surface area contributed by atoms with E-state index in [0.717, 1.165) is 6.54 Å². The second kappa shape index (κ2) is 7.91. The summed E-state index contributed by atoms with van der Waals surface area (Å²) in [6.45, 7) is 3.50. The van der Waals surface area contributed by atoms with Crippen molar-refractivity contribution in [2.24, 2.45) is 0 Å². The number of hydrogen-bond donors (Lipinski definition) is 1. The Morgan fingerprint density at radius 2 is 1.94 bits per heavy atom. The van der Waals surface area contributed by atoms with Crippen molar-refractivity contribution in [1.29, 1.82) is 0 Å². The first-order chi connectivity index (χ1) is 6.88. The molecule has 1 N–H and O–H groups in total. The fourth-order valence-electron chi connectivity index (χ4n) is 2.05.